The van der Waals surface area contributed by atoms with Gasteiger partial charge in [-0.3, -0.25) is 0 Å². The first-order chi connectivity index (χ1) is 7.28. The highest BCUT2D eigenvalue weighted by atomic mass is 32.2. The molecule has 0 saturated heterocycles. The predicted octanol–water partition coefficient (Wildman–Crippen LogP) is 2.99. The fraction of sp³-hybridized carbons (Fsp3) is 0.111. The Kier molecular flexibility index (Phi) is 3.50. The first-order valence-electron chi connectivity index (χ1n) is 4.19. The second kappa shape index (κ2) is 4.87. The molecule has 0 aliphatic heterocycles. The molecule has 15 heavy (non-hydrogen) atoms. The van der Waals surface area contributed by atoms with Gasteiger partial charge in [0, 0.05) is 10.6 Å². The van der Waals surface area contributed by atoms with Crippen LogP contribution in [-0.2, 0) is 0 Å². The summed E-state index contributed by atoms with van der Waals surface area (Å²) in [5, 5.41) is 8.11. The lowest BCUT2D eigenvalue weighted by Gasteiger charge is -1.97. The van der Waals surface area contributed by atoms with Gasteiger partial charge >= 0.3 is 0 Å². The topological polar surface area (TPSA) is 51.8 Å². The van der Waals surface area contributed by atoms with E-state index in [4.69, 9.17) is 5.73 Å². The highest BCUT2D eigenvalue weighted by Crippen LogP contribution is 2.33. The van der Waals surface area contributed by atoms with Gasteiger partial charge < -0.3 is 5.73 Å². The summed E-state index contributed by atoms with van der Waals surface area (Å²) in [6.07, 6.45) is 2.00. The van der Waals surface area contributed by atoms with Gasteiger partial charge in [0.25, 0.3) is 0 Å². The van der Waals surface area contributed by atoms with Crippen molar-refractivity contribution in [3.8, 4) is 0 Å². The van der Waals surface area contributed by atoms with Gasteiger partial charge in [0.15, 0.2) is 8.68 Å². The molecule has 0 spiro atoms. The van der Waals surface area contributed by atoms with Crippen LogP contribution in [-0.4, -0.2) is 16.5 Å². The molecule has 0 atom stereocenters. The van der Waals surface area contributed by atoms with E-state index in [-0.39, 0.29) is 0 Å². The predicted molar refractivity (Wildman–Crippen MR) is 66.7 cm³/mol. The molecule has 2 rings (SSSR count). The molecule has 6 heteroatoms. The number of thioether (sulfide) groups is 1. The van der Waals surface area contributed by atoms with E-state index in [0.717, 1.165) is 19.3 Å². The standard InChI is InChI=1S/C9H9N3S3/c1-13-8-11-12-9(15-8)14-7-4-2-3-6(10)5-7/h2-5H,10H2,1H3. The number of rotatable bonds is 3. The van der Waals surface area contributed by atoms with Gasteiger partial charge in [-0.05, 0) is 24.5 Å². The molecule has 0 bridgehead atoms. The minimum absolute atomic E-state index is 0.773. The molecule has 0 fully saturated rings. The smallest absolute Gasteiger partial charge is 0.179 e. The van der Waals surface area contributed by atoms with Crippen molar-refractivity contribution < 1.29 is 0 Å². The molecular weight excluding hydrogens is 246 g/mol. The normalized spacial score (nSPS) is 10.5. The minimum atomic E-state index is 0.773. The van der Waals surface area contributed by atoms with Crippen molar-refractivity contribution in [2.24, 2.45) is 0 Å². The number of hydrogen-bond donors (Lipinski definition) is 1. The van der Waals surface area contributed by atoms with Gasteiger partial charge in [-0.2, -0.15) is 0 Å². The highest BCUT2D eigenvalue weighted by molar-refractivity contribution is 8.03. The molecule has 0 aliphatic carbocycles. The van der Waals surface area contributed by atoms with Crippen molar-refractivity contribution in [2.45, 2.75) is 13.6 Å². The summed E-state index contributed by atoms with van der Waals surface area (Å²) in [5.74, 6) is 0. The van der Waals surface area contributed by atoms with E-state index in [0.29, 0.717) is 0 Å². The van der Waals surface area contributed by atoms with Crippen LogP contribution in [0.4, 0.5) is 5.69 Å². The fourth-order valence-electron chi connectivity index (χ4n) is 1.000. The van der Waals surface area contributed by atoms with Crippen molar-refractivity contribution in [2.75, 3.05) is 12.0 Å². The molecule has 3 nitrogen and oxygen atoms in total. The SMILES string of the molecule is CSc1nnc(Sc2cccc(N)c2)s1. The second-order valence-electron chi connectivity index (χ2n) is 2.71. The lowest BCUT2D eigenvalue weighted by molar-refractivity contribution is 0.956. The van der Waals surface area contributed by atoms with Crippen molar-refractivity contribution in [3.05, 3.63) is 24.3 Å². The van der Waals surface area contributed by atoms with Gasteiger partial charge in [0.2, 0.25) is 0 Å². The number of nitrogens with two attached hydrogens (primary N) is 1. The molecule has 0 unspecified atom stereocenters. The zero-order chi connectivity index (χ0) is 10.7. The maximum atomic E-state index is 5.69. The van der Waals surface area contributed by atoms with Crippen molar-refractivity contribution in [1.29, 1.82) is 0 Å². The Balaban J connectivity index is 2.14. The summed E-state index contributed by atoms with van der Waals surface area (Å²) in [7, 11) is 0. The molecule has 0 amide bonds. The third kappa shape index (κ3) is 2.87. The van der Waals surface area contributed by atoms with Gasteiger partial charge in [0.05, 0.1) is 0 Å². The third-order valence-corrected chi connectivity index (χ3v) is 4.57. The van der Waals surface area contributed by atoms with Crippen LogP contribution in [0.5, 0.6) is 0 Å². The lowest BCUT2D eigenvalue weighted by Crippen LogP contribution is -1.83. The van der Waals surface area contributed by atoms with Crippen LogP contribution >= 0.6 is 34.9 Å². The van der Waals surface area contributed by atoms with E-state index in [9.17, 15) is 0 Å². The summed E-state index contributed by atoms with van der Waals surface area (Å²) < 4.78 is 1.94. The number of benzene rings is 1. The minimum Gasteiger partial charge on any atom is -0.399 e. The lowest BCUT2D eigenvalue weighted by atomic mass is 10.3. The number of anilines is 1. The first kappa shape index (κ1) is 10.8. The molecule has 0 aliphatic rings. The highest BCUT2D eigenvalue weighted by Gasteiger charge is 2.04. The third-order valence-electron chi connectivity index (χ3n) is 1.63. The molecular formula is C9H9N3S3. The summed E-state index contributed by atoms with van der Waals surface area (Å²) in [6.45, 7) is 0. The number of nitrogens with zero attached hydrogens (tertiary/aromatic N) is 2. The Hall–Kier alpha value is -0.720. The first-order valence-corrected chi connectivity index (χ1v) is 7.04. The molecule has 78 valence electrons. The van der Waals surface area contributed by atoms with Crippen LogP contribution in [0.1, 0.15) is 0 Å². The molecule has 1 aromatic carbocycles. The average Bonchev–Trinajstić information content (AvgIpc) is 2.65. The van der Waals surface area contributed by atoms with E-state index < -0.39 is 0 Å². The van der Waals surface area contributed by atoms with Crippen molar-refractivity contribution in [3.63, 3.8) is 0 Å². The van der Waals surface area contributed by atoms with Crippen LogP contribution in [0, 0.1) is 0 Å². The summed E-state index contributed by atoms with van der Waals surface area (Å²) in [4.78, 5) is 1.10. The van der Waals surface area contributed by atoms with Crippen molar-refractivity contribution in [1.82, 2.24) is 10.2 Å². The van der Waals surface area contributed by atoms with Crippen LogP contribution in [0.25, 0.3) is 0 Å². The molecule has 0 radical (unpaired) electrons. The van der Waals surface area contributed by atoms with Gasteiger partial charge in [-0.25, -0.2) is 0 Å². The van der Waals surface area contributed by atoms with E-state index in [2.05, 4.69) is 10.2 Å². The summed E-state index contributed by atoms with van der Waals surface area (Å²) in [6, 6.07) is 7.76. The monoisotopic (exact) mass is 255 g/mol. The average molecular weight is 255 g/mol. The van der Waals surface area contributed by atoms with E-state index in [1.165, 1.54) is 0 Å². The number of aromatic nitrogens is 2. The maximum absolute atomic E-state index is 5.69. The Bertz CT molecular complexity index is 455. The summed E-state index contributed by atoms with van der Waals surface area (Å²) >= 11 is 4.80. The van der Waals surface area contributed by atoms with Crippen LogP contribution in [0.2, 0.25) is 0 Å². The second-order valence-corrected chi connectivity index (χ2v) is 6.06. The maximum Gasteiger partial charge on any atom is 0.179 e. The Morgan fingerprint density at radius 1 is 1.27 bits per heavy atom. The van der Waals surface area contributed by atoms with E-state index >= 15 is 0 Å². The zero-order valence-corrected chi connectivity index (χ0v) is 10.5. The van der Waals surface area contributed by atoms with Crippen LogP contribution in [0.3, 0.4) is 0 Å². The van der Waals surface area contributed by atoms with E-state index in [1.54, 1.807) is 34.9 Å². The van der Waals surface area contributed by atoms with Crippen LogP contribution < -0.4 is 5.73 Å². The fourth-order valence-corrected chi connectivity index (χ4v) is 3.48. The van der Waals surface area contributed by atoms with Gasteiger partial charge in [-0.1, -0.05) is 40.9 Å². The van der Waals surface area contributed by atoms with Gasteiger partial charge in [-0.15, -0.1) is 10.2 Å². The van der Waals surface area contributed by atoms with E-state index in [1.807, 2.05) is 30.5 Å². The zero-order valence-electron chi connectivity index (χ0n) is 8.01. The number of nitrogen functional groups attached to an aromatic ring is 1. The quantitative estimate of drug-likeness (QED) is 0.675. The number of hydrogen-bond acceptors (Lipinski definition) is 6. The molecule has 0 saturated carbocycles. The van der Waals surface area contributed by atoms with Gasteiger partial charge in [0.1, 0.15) is 0 Å². The Labute approximate surface area is 100 Å². The Morgan fingerprint density at radius 2 is 2.07 bits per heavy atom. The Morgan fingerprint density at radius 3 is 2.73 bits per heavy atom. The molecule has 1 heterocycles. The molecule has 1 aromatic heterocycles. The summed E-state index contributed by atoms with van der Waals surface area (Å²) in [5.41, 5.74) is 6.47. The molecule has 2 aromatic rings. The largest absolute Gasteiger partial charge is 0.399 e. The van der Waals surface area contributed by atoms with Crippen molar-refractivity contribution >= 4 is 40.5 Å². The molecule has 2 N–H and O–H groups in total. The van der Waals surface area contributed by atoms with Crippen LogP contribution in [0.15, 0.2) is 37.8 Å².